The topological polar surface area (TPSA) is 307 Å². The Morgan fingerprint density at radius 3 is 1.58 bits per heavy atom. The highest BCUT2D eigenvalue weighted by Gasteiger charge is 2.37. The van der Waals surface area contributed by atoms with Crippen molar-refractivity contribution >= 4 is 29.5 Å². The zero-order valence-electron chi connectivity index (χ0n) is 34.1. The quantitative estimate of drug-likeness (QED) is 0.0329. The maximum atomic E-state index is 12.2. The van der Waals surface area contributed by atoms with Gasteiger partial charge in [-0.15, -0.1) is 0 Å². The van der Waals surface area contributed by atoms with Crippen LogP contribution in [0.4, 0.5) is 13.2 Å². The number of ketones is 1. The number of halogens is 3. The monoisotopic (exact) mass is 885 g/mol. The largest absolute Gasteiger partial charge is 0.491 e. The van der Waals surface area contributed by atoms with E-state index in [1.165, 1.54) is 24.3 Å². The van der Waals surface area contributed by atoms with Crippen molar-refractivity contribution < 1.29 is 75.0 Å². The molecular weight excluding hydrogens is 835 g/mol. The number of nitrogens with two attached hydrogens (primary N) is 1. The fraction of sp³-hybridized carbons (Fsp3) is 0.541. The third kappa shape index (κ3) is 25.4. The third-order valence-electron chi connectivity index (χ3n) is 7.08. The van der Waals surface area contributed by atoms with E-state index < -0.39 is 48.7 Å². The molecule has 0 aliphatic heterocycles. The van der Waals surface area contributed by atoms with Crippen LogP contribution in [-0.2, 0) is 42.8 Å². The molecule has 2 aromatic carbocycles. The SMILES string of the molecule is CCOC(=O)COCCOC(COc1cccc(C(=O)NCCCC(=O)C(F)(F)F)c1)N=[N+]=[N-].CCOC(=O)COCCOC(COc1cccc(C(=O)NCCN)c1)N=[N+]=[N-]. The first kappa shape index (κ1) is 53.8. The minimum atomic E-state index is -4.89. The van der Waals surface area contributed by atoms with E-state index >= 15 is 0 Å². The molecule has 0 bridgehead atoms. The van der Waals surface area contributed by atoms with Crippen molar-refractivity contribution in [3.63, 3.8) is 0 Å². The van der Waals surface area contributed by atoms with E-state index in [9.17, 15) is 37.1 Å². The molecule has 25 heteroatoms. The summed E-state index contributed by atoms with van der Waals surface area (Å²) in [6.07, 6.45) is -7.68. The van der Waals surface area contributed by atoms with Crippen molar-refractivity contribution in [1.29, 1.82) is 0 Å². The predicted octanol–water partition coefficient (Wildman–Crippen LogP) is 3.93. The molecule has 2 aromatic rings. The van der Waals surface area contributed by atoms with Gasteiger partial charge in [-0.3, -0.25) is 14.4 Å². The summed E-state index contributed by atoms with van der Waals surface area (Å²) in [7, 11) is 0. The molecule has 0 saturated carbocycles. The minimum Gasteiger partial charge on any atom is -0.491 e. The van der Waals surface area contributed by atoms with Crippen LogP contribution in [0.5, 0.6) is 11.5 Å². The molecule has 2 rings (SSSR count). The van der Waals surface area contributed by atoms with E-state index in [1.54, 1.807) is 38.1 Å². The van der Waals surface area contributed by atoms with Gasteiger partial charge in [0.2, 0.25) is 5.78 Å². The van der Waals surface area contributed by atoms with E-state index in [0.29, 0.717) is 24.4 Å². The van der Waals surface area contributed by atoms with Crippen molar-refractivity contribution in [2.24, 2.45) is 16.0 Å². The summed E-state index contributed by atoms with van der Waals surface area (Å²) in [5, 5.41) is 12.0. The highest BCUT2D eigenvalue weighted by Crippen LogP contribution is 2.19. The molecular formula is C37H50F3N9O13. The lowest BCUT2D eigenvalue weighted by molar-refractivity contribution is -0.171. The Bertz CT molecular complexity index is 1780. The maximum Gasteiger partial charge on any atom is 0.449 e. The second-order valence-corrected chi connectivity index (χ2v) is 11.8. The van der Waals surface area contributed by atoms with Gasteiger partial charge in [0.25, 0.3) is 11.8 Å². The fourth-order valence-corrected chi connectivity index (χ4v) is 4.32. The van der Waals surface area contributed by atoms with Crippen molar-refractivity contribution in [1.82, 2.24) is 10.6 Å². The molecule has 0 aliphatic rings. The molecule has 0 heterocycles. The van der Waals surface area contributed by atoms with Crippen molar-refractivity contribution in [3.05, 3.63) is 80.5 Å². The summed E-state index contributed by atoms with van der Waals surface area (Å²) in [5.41, 5.74) is 23.2. The number of esters is 2. The third-order valence-corrected chi connectivity index (χ3v) is 7.08. The number of nitrogens with zero attached hydrogens (tertiary/aromatic N) is 6. The summed E-state index contributed by atoms with van der Waals surface area (Å²) in [6.45, 7) is 4.07. The molecule has 0 radical (unpaired) electrons. The first-order chi connectivity index (χ1) is 29.8. The van der Waals surface area contributed by atoms with Gasteiger partial charge in [-0.05, 0) is 67.7 Å². The second kappa shape index (κ2) is 32.6. The number of carbonyl (C=O) groups is 5. The molecule has 2 atom stereocenters. The number of alkyl halides is 3. The number of benzene rings is 2. The lowest BCUT2D eigenvalue weighted by Crippen LogP contribution is -2.29. The average Bonchev–Trinajstić information content (AvgIpc) is 3.25. The first-order valence-electron chi connectivity index (χ1n) is 18.9. The Kier molecular flexibility index (Phi) is 28.3. The zero-order valence-corrected chi connectivity index (χ0v) is 34.1. The van der Waals surface area contributed by atoms with Crippen LogP contribution in [0.3, 0.4) is 0 Å². The average molecular weight is 886 g/mol. The van der Waals surface area contributed by atoms with Gasteiger partial charge in [0.05, 0.1) is 39.6 Å². The highest BCUT2D eigenvalue weighted by molar-refractivity contribution is 5.95. The van der Waals surface area contributed by atoms with Gasteiger partial charge in [-0.2, -0.15) is 13.2 Å². The zero-order chi connectivity index (χ0) is 46.0. The Hall–Kier alpha value is -6.20. The van der Waals surface area contributed by atoms with Gasteiger partial charge < -0.3 is 54.3 Å². The fourth-order valence-electron chi connectivity index (χ4n) is 4.32. The Morgan fingerprint density at radius 2 is 1.18 bits per heavy atom. The molecule has 0 fully saturated rings. The molecule has 342 valence electrons. The van der Waals surface area contributed by atoms with Gasteiger partial charge in [0, 0.05) is 47.0 Å². The number of rotatable bonds is 30. The van der Waals surface area contributed by atoms with Crippen LogP contribution in [-0.4, -0.2) is 134 Å². The number of azide groups is 2. The Labute approximate surface area is 354 Å². The van der Waals surface area contributed by atoms with Crippen LogP contribution in [0.15, 0.2) is 58.8 Å². The van der Waals surface area contributed by atoms with E-state index in [4.69, 9.17) is 54.7 Å². The lowest BCUT2D eigenvalue weighted by Gasteiger charge is -2.14. The highest BCUT2D eigenvalue weighted by atomic mass is 19.4. The second-order valence-electron chi connectivity index (χ2n) is 11.8. The van der Waals surface area contributed by atoms with Crippen LogP contribution >= 0.6 is 0 Å². The van der Waals surface area contributed by atoms with Gasteiger partial charge >= 0.3 is 18.1 Å². The molecule has 2 unspecified atom stereocenters. The van der Waals surface area contributed by atoms with Gasteiger partial charge in [-0.25, -0.2) is 9.59 Å². The summed E-state index contributed by atoms with van der Waals surface area (Å²) in [4.78, 5) is 62.6. The summed E-state index contributed by atoms with van der Waals surface area (Å²) in [6, 6.07) is 12.4. The molecule has 22 nitrogen and oxygen atoms in total. The van der Waals surface area contributed by atoms with E-state index in [2.05, 4.69) is 30.7 Å². The number of hydrogen-bond acceptors (Lipinski definition) is 16. The van der Waals surface area contributed by atoms with Crippen LogP contribution < -0.4 is 25.8 Å². The summed E-state index contributed by atoms with van der Waals surface area (Å²) < 4.78 is 77.8. The predicted molar refractivity (Wildman–Crippen MR) is 211 cm³/mol. The number of carbonyl (C=O) groups excluding carboxylic acids is 5. The van der Waals surface area contributed by atoms with Crippen LogP contribution in [0.2, 0.25) is 0 Å². The summed E-state index contributed by atoms with van der Waals surface area (Å²) in [5.74, 6) is -2.99. The minimum absolute atomic E-state index is 0.00569. The number of Topliss-reactive ketones (excluding diaryl/α,β-unsaturated/α-hetero) is 1. The number of hydrogen-bond donors (Lipinski definition) is 3. The number of ether oxygens (including phenoxy) is 8. The number of nitrogens with one attached hydrogen (secondary N) is 2. The molecule has 4 N–H and O–H groups in total. The lowest BCUT2D eigenvalue weighted by atomic mass is 10.2. The standard InChI is InChI=1S/C20H25F3N4O7.C17H25N5O6/c1-2-32-18(29)13-31-9-10-33-17(26-27-24)12-34-15-6-3-5-14(11-15)19(30)25-8-4-7-16(28)20(21,22)23;1-2-26-16(23)12-25-8-9-27-15(21-22-19)11-28-14-5-3-4-13(10-14)17(24)20-7-6-18/h3,5-6,11,17H,2,4,7-10,12-13H2,1H3,(H,25,30);3-5,10,15H,2,6-9,11-12,18H2,1H3,(H,20,24). The first-order valence-corrected chi connectivity index (χ1v) is 18.9. The van der Waals surface area contributed by atoms with Crippen molar-refractivity contribution in [2.75, 3.05) is 85.7 Å². The van der Waals surface area contributed by atoms with Gasteiger partial charge in [0.15, 0.2) is 12.5 Å². The molecule has 2 amide bonds. The van der Waals surface area contributed by atoms with Crippen LogP contribution in [0.1, 0.15) is 47.4 Å². The van der Waals surface area contributed by atoms with Crippen LogP contribution in [0.25, 0.3) is 20.9 Å². The molecule has 0 aliphatic carbocycles. The number of amides is 2. The van der Waals surface area contributed by atoms with E-state index in [0.717, 1.165) is 0 Å². The Morgan fingerprint density at radius 1 is 0.726 bits per heavy atom. The smallest absolute Gasteiger partial charge is 0.449 e. The normalized spacial score (nSPS) is 11.5. The molecule has 0 aromatic heterocycles. The van der Waals surface area contributed by atoms with E-state index in [-0.39, 0.29) is 96.3 Å². The summed E-state index contributed by atoms with van der Waals surface area (Å²) >= 11 is 0. The van der Waals surface area contributed by atoms with Crippen LogP contribution in [0, 0.1) is 0 Å². The molecule has 62 heavy (non-hydrogen) atoms. The van der Waals surface area contributed by atoms with Crippen molar-refractivity contribution in [2.45, 2.75) is 45.3 Å². The van der Waals surface area contributed by atoms with Gasteiger partial charge in [-0.1, -0.05) is 22.4 Å². The van der Waals surface area contributed by atoms with Crippen molar-refractivity contribution in [3.8, 4) is 11.5 Å². The molecule has 0 spiro atoms. The van der Waals surface area contributed by atoms with E-state index in [1.807, 2.05) is 0 Å². The Balaban J connectivity index is 0.000000632. The van der Waals surface area contributed by atoms with Gasteiger partial charge in [0.1, 0.15) is 37.9 Å². The maximum absolute atomic E-state index is 12.2. The molecule has 0 saturated heterocycles.